The zero-order chi connectivity index (χ0) is 38.5. The van der Waals surface area contributed by atoms with Gasteiger partial charge in [-0.25, -0.2) is 0 Å². The maximum absolute atomic E-state index is 14.3. The lowest BCUT2D eigenvalue weighted by Crippen LogP contribution is -2.64. The summed E-state index contributed by atoms with van der Waals surface area (Å²) in [6.45, 7) is 5.06. The molecular formula is C44H50N2O8. The molecule has 4 aromatic carbocycles. The Kier molecular flexibility index (Phi) is 14.2. The summed E-state index contributed by atoms with van der Waals surface area (Å²) in [4.78, 5) is 57.5. The first-order chi connectivity index (χ1) is 26.2. The molecule has 10 nitrogen and oxygen atoms in total. The van der Waals surface area contributed by atoms with Gasteiger partial charge in [0.15, 0.2) is 0 Å². The molecule has 0 saturated heterocycles. The molecule has 0 unspecified atom stereocenters. The van der Waals surface area contributed by atoms with Crippen molar-refractivity contribution in [1.29, 1.82) is 0 Å². The second kappa shape index (κ2) is 19.4. The SMILES string of the molecule is CCCCCN(Cc1ccc(Oc2ccccc2)cc1)C(=O)C1C(C(=O)O)C(C(=O)N(CCCCC)Cc2ccc(Oc3ccccc3)cc2)C1C(=O)O. The van der Waals surface area contributed by atoms with Gasteiger partial charge in [0, 0.05) is 26.2 Å². The molecule has 10 heteroatoms. The van der Waals surface area contributed by atoms with Crippen LogP contribution in [0.25, 0.3) is 0 Å². The number of unbranched alkanes of at least 4 members (excludes halogenated alkanes) is 4. The molecule has 284 valence electrons. The van der Waals surface area contributed by atoms with Gasteiger partial charge in [0.2, 0.25) is 11.8 Å². The van der Waals surface area contributed by atoms with Gasteiger partial charge in [-0.1, -0.05) is 100 Å². The Labute approximate surface area is 317 Å². The average molecular weight is 735 g/mol. The average Bonchev–Trinajstić information content (AvgIpc) is 3.15. The first kappa shape index (κ1) is 39.6. The number of amides is 2. The number of benzene rings is 4. The third-order valence-corrected chi connectivity index (χ3v) is 9.93. The van der Waals surface area contributed by atoms with Crippen LogP contribution in [0.1, 0.15) is 63.5 Å². The van der Waals surface area contributed by atoms with E-state index in [1.54, 1.807) is 34.1 Å². The van der Waals surface area contributed by atoms with Crippen molar-refractivity contribution in [2.45, 2.75) is 65.5 Å². The summed E-state index contributed by atoms with van der Waals surface area (Å²) in [6, 6.07) is 33.2. The van der Waals surface area contributed by atoms with E-state index in [0.29, 0.717) is 48.9 Å². The molecule has 5 rings (SSSR count). The van der Waals surface area contributed by atoms with Crippen molar-refractivity contribution in [3.8, 4) is 23.0 Å². The van der Waals surface area contributed by atoms with Crippen molar-refractivity contribution in [3.63, 3.8) is 0 Å². The van der Waals surface area contributed by atoms with Crippen molar-refractivity contribution in [1.82, 2.24) is 9.80 Å². The quantitative estimate of drug-likeness (QED) is 0.0863. The smallest absolute Gasteiger partial charge is 0.308 e. The Morgan fingerprint density at radius 2 is 0.815 bits per heavy atom. The van der Waals surface area contributed by atoms with E-state index in [2.05, 4.69) is 0 Å². The van der Waals surface area contributed by atoms with Crippen LogP contribution in [-0.2, 0) is 32.3 Å². The molecule has 0 atom stereocenters. The van der Waals surface area contributed by atoms with Crippen molar-refractivity contribution >= 4 is 23.8 Å². The van der Waals surface area contributed by atoms with E-state index < -0.39 is 47.4 Å². The standard InChI is InChI=1S/C44H50N2O8/c1-3-5-13-27-45(29-31-19-23-35(24-20-31)53-33-15-9-7-10-16-33)41(47)37-39(43(49)50)38(40(37)44(51)52)42(48)46(28-14-6-4-2)30-32-21-25-36(26-22-32)54-34-17-11-8-12-18-34/h7-12,15-26,37-40H,3-6,13-14,27-30H2,1-2H3,(H,49,50)(H,51,52). The summed E-state index contributed by atoms with van der Waals surface area (Å²) in [7, 11) is 0. The zero-order valence-electron chi connectivity index (χ0n) is 31.0. The fraction of sp³-hybridized carbons (Fsp3) is 0.364. The van der Waals surface area contributed by atoms with Gasteiger partial charge in [-0.15, -0.1) is 0 Å². The van der Waals surface area contributed by atoms with Gasteiger partial charge < -0.3 is 29.5 Å². The van der Waals surface area contributed by atoms with Crippen molar-refractivity contribution in [2.24, 2.45) is 23.7 Å². The monoisotopic (exact) mass is 734 g/mol. The molecule has 2 N–H and O–H groups in total. The van der Waals surface area contributed by atoms with E-state index in [1.807, 2.05) is 98.8 Å². The number of carbonyl (C=O) groups excluding carboxylic acids is 2. The summed E-state index contributed by atoms with van der Waals surface area (Å²) in [5.41, 5.74) is 1.57. The van der Waals surface area contributed by atoms with Gasteiger partial charge in [0.25, 0.3) is 0 Å². The summed E-state index contributed by atoms with van der Waals surface area (Å²) in [5, 5.41) is 21.0. The molecule has 2 amide bonds. The molecule has 1 aliphatic rings. The molecule has 0 radical (unpaired) electrons. The van der Waals surface area contributed by atoms with E-state index in [-0.39, 0.29) is 13.1 Å². The molecule has 0 bridgehead atoms. The highest BCUT2D eigenvalue weighted by Gasteiger charge is 2.64. The Morgan fingerprint density at radius 3 is 1.13 bits per heavy atom. The number of aliphatic carboxylic acids is 2. The van der Waals surface area contributed by atoms with Crippen LogP contribution in [0.5, 0.6) is 23.0 Å². The number of nitrogens with zero attached hydrogens (tertiary/aromatic N) is 2. The largest absolute Gasteiger partial charge is 0.481 e. The number of hydrogen-bond acceptors (Lipinski definition) is 6. The molecule has 4 aromatic rings. The minimum absolute atomic E-state index is 0.162. The first-order valence-corrected chi connectivity index (χ1v) is 18.9. The van der Waals surface area contributed by atoms with Crippen LogP contribution in [0.2, 0.25) is 0 Å². The fourth-order valence-corrected chi connectivity index (χ4v) is 7.05. The first-order valence-electron chi connectivity index (χ1n) is 18.9. The summed E-state index contributed by atoms with van der Waals surface area (Å²) >= 11 is 0. The van der Waals surface area contributed by atoms with E-state index in [1.165, 1.54) is 0 Å². The second-order valence-electron chi connectivity index (χ2n) is 13.8. The number of carboxylic acid groups (broad SMARTS) is 2. The van der Waals surface area contributed by atoms with Crippen LogP contribution < -0.4 is 9.47 Å². The van der Waals surface area contributed by atoms with Gasteiger partial charge in [-0.3, -0.25) is 19.2 Å². The number of ether oxygens (including phenoxy) is 2. The van der Waals surface area contributed by atoms with Gasteiger partial charge in [0.1, 0.15) is 23.0 Å². The molecule has 1 fully saturated rings. The van der Waals surface area contributed by atoms with E-state index in [9.17, 15) is 29.4 Å². The van der Waals surface area contributed by atoms with Crippen LogP contribution in [0.4, 0.5) is 0 Å². The molecule has 0 aromatic heterocycles. The number of carbonyl (C=O) groups is 4. The van der Waals surface area contributed by atoms with Crippen LogP contribution in [0, 0.1) is 23.7 Å². The van der Waals surface area contributed by atoms with E-state index in [0.717, 1.165) is 36.8 Å². The van der Waals surface area contributed by atoms with Crippen LogP contribution >= 0.6 is 0 Å². The molecular weight excluding hydrogens is 684 g/mol. The number of hydrogen-bond donors (Lipinski definition) is 2. The molecule has 54 heavy (non-hydrogen) atoms. The van der Waals surface area contributed by atoms with E-state index >= 15 is 0 Å². The molecule has 0 heterocycles. The second-order valence-corrected chi connectivity index (χ2v) is 13.8. The lowest BCUT2D eigenvalue weighted by Gasteiger charge is -2.48. The Morgan fingerprint density at radius 1 is 0.481 bits per heavy atom. The fourth-order valence-electron chi connectivity index (χ4n) is 7.05. The number of carboxylic acids is 2. The van der Waals surface area contributed by atoms with Crippen LogP contribution in [0.15, 0.2) is 109 Å². The topological polar surface area (TPSA) is 134 Å². The van der Waals surface area contributed by atoms with Gasteiger partial charge in [-0.2, -0.15) is 0 Å². The molecule has 0 spiro atoms. The highest BCUT2D eigenvalue weighted by Crippen LogP contribution is 2.49. The lowest BCUT2D eigenvalue weighted by atomic mass is 9.55. The predicted octanol–water partition coefficient (Wildman–Crippen LogP) is 8.66. The number of rotatable bonds is 20. The molecule has 0 aliphatic heterocycles. The normalized spacial score (nSPS) is 17.5. The predicted molar refractivity (Wildman–Crippen MR) is 205 cm³/mol. The summed E-state index contributed by atoms with van der Waals surface area (Å²) in [5.74, 6) is -6.95. The molecule has 1 saturated carbocycles. The van der Waals surface area contributed by atoms with E-state index in [4.69, 9.17) is 9.47 Å². The highest BCUT2D eigenvalue weighted by molar-refractivity contribution is 5.99. The minimum Gasteiger partial charge on any atom is -0.481 e. The lowest BCUT2D eigenvalue weighted by molar-refractivity contribution is -0.187. The zero-order valence-corrected chi connectivity index (χ0v) is 31.0. The molecule has 1 aliphatic carbocycles. The minimum atomic E-state index is -1.48. The van der Waals surface area contributed by atoms with Crippen molar-refractivity contribution < 1.29 is 38.9 Å². The maximum atomic E-state index is 14.3. The summed E-state index contributed by atoms with van der Waals surface area (Å²) in [6.07, 6.45) is 4.83. The van der Waals surface area contributed by atoms with Crippen LogP contribution in [0.3, 0.4) is 0 Å². The van der Waals surface area contributed by atoms with Gasteiger partial charge in [-0.05, 0) is 72.5 Å². The van der Waals surface area contributed by atoms with Crippen molar-refractivity contribution in [2.75, 3.05) is 13.1 Å². The van der Waals surface area contributed by atoms with Crippen LogP contribution in [-0.4, -0.2) is 56.9 Å². The number of para-hydroxylation sites is 2. The van der Waals surface area contributed by atoms with Gasteiger partial charge in [0.05, 0.1) is 23.7 Å². The third kappa shape index (κ3) is 10.3. The Hall–Kier alpha value is -5.64. The third-order valence-electron chi connectivity index (χ3n) is 9.93. The summed E-state index contributed by atoms with van der Waals surface area (Å²) < 4.78 is 11.8. The Balaban J connectivity index is 1.34. The maximum Gasteiger partial charge on any atom is 0.308 e. The Bertz CT molecular complexity index is 1670. The van der Waals surface area contributed by atoms with Crippen molar-refractivity contribution in [3.05, 3.63) is 120 Å². The highest BCUT2D eigenvalue weighted by atomic mass is 16.5. The van der Waals surface area contributed by atoms with Gasteiger partial charge >= 0.3 is 11.9 Å².